The minimum Gasteiger partial charge on any atom is -0.425 e. The predicted octanol–water partition coefficient (Wildman–Crippen LogP) is 2.19. The van der Waals surface area contributed by atoms with E-state index >= 15 is 0 Å². The van der Waals surface area contributed by atoms with Crippen molar-refractivity contribution in [3.63, 3.8) is 0 Å². The first-order valence-electron chi connectivity index (χ1n) is 5.77. The molecule has 0 bridgehead atoms. The van der Waals surface area contributed by atoms with Gasteiger partial charge in [-0.3, -0.25) is 9.78 Å². The fourth-order valence-electron chi connectivity index (χ4n) is 1.57. The van der Waals surface area contributed by atoms with Gasteiger partial charge < -0.3 is 5.21 Å². The zero-order valence-corrected chi connectivity index (χ0v) is 10.4. The van der Waals surface area contributed by atoms with Crippen LogP contribution >= 0.6 is 0 Å². The van der Waals surface area contributed by atoms with Crippen LogP contribution in [0.15, 0.2) is 11.0 Å². The van der Waals surface area contributed by atoms with E-state index in [9.17, 15) is 10.0 Å². The summed E-state index contributed by atoms with van der Waals surface area (Å²) in [4.78, 5) is 16.0. The second-order valence-corrected chi connectivity index (χ2v) is 4.65. The molecule has 16 heavy (non-hydrogen) atoms. The monoisotopic (exact) mass is 224 g/mol. The lowest BCUT2D eigenvalue weighted by Crippen LogP contribution is -2.28. The first-order valence-corrected chi connectivity index (χ1v) is 5.77. The molecule has 4 heteroatoms. The minimum absolute atomic E-state index is 0.137. The number of aromatic nitrogens is 2. The lowest BCUT2D eigenvalue weighted by Gasteiger charge is -2.13. The Morgan fingerprint density at radius 2 is 2.06 bits per heavy atom. The Kier molecular flexibility index (Phi) is 4.10. The van der Waals surface area contributed by atoms with Gasteiger partial charge in [0.25, 0.3) is 0 Å². The summed E-state index contributed by atoms with van der Waals surface area (Å²) in [5.74, 6) is 0.493. The fourth-order valence-corrected chi connectivity index (χ4v) is 1.57. The molecule has 0 radical (unpaired) electrons. The molecule has 90 valence electrons. The van der Waals surface area contributed by atoms with Crippen LogP contribution in [-0.4, -0.2) is 14.9 Å². The predicted molar refractivity (Wildman–Crippen MR) is 62.9 cm³/mol. The van der Waals surface area contributed by atoms with E-state index in [1.54, 1.807) is 6.20 Å². The fraction of sp³-hybridized carbons (Fsp3) is 0.667. The summed E-state index contributed by atoms with van der Waals surface area (Å²) in [5, 5.41) is 9.76. The molecule has 0 aliphatic heterocycles. The highest BCUT2D eigenvalue weighted by Crippen LogP contribution is 2.15. The summed E-state index contributed by atoms with van der Waals surface area (Å²) in [5.41, 5.74) is 0.635. The van der Waals surface area contributed by atoms with Crippen LogP contribution in [0.1, 0.15) is 51.4 Å². The van der Waals surface area contributed by atoms with Gasteiger partial charge in [-0.15, -0.1) is 4.73 Å². The van der Waals surface area contributed by atoms with Crippen molar-refractivity contribution >= 4 is 0 Å². The summed E-state index contributed by atoms with van der Waals surface area (Å²) in [6.45, 7) is 8.01. The Balaban J connectivity index is 3.13. The van der Waals surface area contributed by atoms with Crippen LogP contribution in [0, 0.1) is 5.92 Å². The van der Waals surface area contributed by atoms with Crippen molar-refractivity contribution in [2.24, 2.45) is 5.92 Å². The standard InChI is InChI=1S/C12H20N2O2/c1-5-9(4)11-7-13-10(6-8(2)3)12(15)14(11)16/h7-9,16H,5-6H2,1-4H3/t9-/m0/s1. The topological polar surface area (TPSA) is 55.1 Å². The van der Waals surface area contributed by atoms with Crippen LogP contribution in [0.4, 0.5) is 0 Å². The van der Waals surface area contributed by atoms with E-state index < -0.39 is 0 Å². The van der Waals surface area contributed by atoms with Gasteiger partial charge in [0, 0.05) is 5.92 Å². The molecular weight excluding hydrogens is 204 g/mol. The molecule has 1 heterocycles. The zero-order valence-electron chi connectivity index (χ0n) is 10.4. The highest BCUT2D eigenvalue weighted by atomic mass is 16.5. The molecule has 0 unspecified atom stereocenters. The maximum absolute atomic E-state index is 11.8. The zero-order chi connectivity index (χ0) is 12.3. The summed E-state index contributed by atoms with van der Waals surface area (Å²) in [7, 11) is 0. The Hall–Kier alpha value is -1.32. The Morgan fingerprint density at radius 3 is 2.56 bits per heavy atom. The van der Waals surface area contributed by atoms with Crippen LogP contribution in [0.5, 0.6) is 0 Å². The molecule has 1 rings (SSSR count). The van der Waals surface area contributed by atoms with Crippen LogP contribution in [0.25, 0.3) is 0 Å². The summed E-state index contributed by atoms with van der Waals surface area (Å²) >= 11 is 0. The molecule has 0 aliphatic rings. The molecule has 0 aliphatic carbocycles. The van der Waals surface area contributed by atoms with Crippen LogP contribution < -0.4 is 5.56 Å². The Morgan fingerprint density at radius 1 is 1.44 bits per heavy atom. The lowest BCUT2D eigenvalue weighted by molar-refractivity contribution is 0.158. The molecule has 1 aromatic rings. The van der Waals surface area contributed by atoms with E-state index in [2.05, 4.69) is 4.98 Å². The maximum atomic E-state index is 11.8. The van der Waals surface area contributed by atoms with Crippen molar-refractivity contribution in [1.82, 2.24) is 9.71 Å². The van der Waals surface area contributed by atoms with Gasteiger partial charge in [0.05, 0.1) is 11.9 Å². The van der Waals surface area contributed by atoms with E-state index in [0.29, 0.717) is 23.7 Å². The molecule has 0 fully saturated rings. The maximum Gasteiger partial charge on any atom is 0.304 e. The van der Waals surface area contributed by atoms with Crippen LogP contribution in [0.2, 0.25) is 0 Å². The quantitative estimate of drug-likeness (QED) is 0.798. The van der Waals surface area contributed by atoms with Gasteiger partial charge in [-0.25, -0.2) is 0 Å². The number of rotatable bonds is 4. The van der Waals surface area contributed by atoms with Gasteiger partial charge in [-0.2, -0.15) is 0 Å². The van der Waals surface area contributed by atoms with Gasteiger partial charge in [0.2, 0.25) is 0 Å². The Bertz CT molecular complexity index is 410. The van der Waals surface area contributed by atoms with Crippen molar-refractivity contribution in [3.05, 3.63) is 27.9 Å². The highest BCUT2D eigenvalue weighted by molar-refractivity contribution is 5.08. The number of hydrogen-bond acceptors (Lipinski definition) is 3. The van der Waals surface area contributed by atoms with Gasteiger partial charge >= 0.3 is 5.56 Å². The first-order chi connectivity index (χ1) is 7.47. The number of nitrogens with zero attached hydrogens (tertiary/aromatic N) is 2. The third-order valence-corrected chi connectivity index (χ3v) is 2.76. The normalized spacial score (nSPS) is 13.1. The van der Waals surface area contributed by atoms with E-state index in [1.165, 1.54) is 0 Å². The van der Waals surface area contributed by atoms with Gasteiger partial charge in [-0.05, 0) is 18.8 Å². The summed E-state index contributed by atoms with van der Waals surface area (Å²) in [6.07, 6.45) is 3.07. The van der Waals surface area contributed by atoms with Crippen molar-refractivity contribution in [3.8, 4) is 0 Å². The third-order valence-electron chi connectivity index (χ3n) is 2.76. The van der Waals surface area contributed by atoms with Crippen LogP contribution in [0.3, 0.4) is 0 Å². The third kappa shape index (κ3) is 2.62. The molecule has 0 saturated heterocycles. The van der Waals surface area contributed by atoms with Gasteiger partial charge in [0.1, 0.15) is 5.69 Å². The molecule has 0 spiro atoms. The van der Waals surface area contributed by atoms with E-state index in [1.807, 2.05) is 27.7 Å². The van der Waals surface area contributed by atoms with Gasteiger partial charge in [0.15, 0.2) is 0 Å². The molecule has 0 saturated carbocycles. The van der Waals surface area contributed by atoms with Crippen molar-refractivity contribution in [2.45, 2.75) is 46.5 Å². The van der Waals surface area contributed by atoms with E-state index in [0.717, 1.165) is 11.2 Å². The minimum atomic E-state index is -0.383. The second-order valence-electron chi connectivity index (χ2n) is 4.65. The average Bonchev–Trinajstić information content (AvgIpc) is 2.23. The van der Waals surface area contributed by atoms with Crippen molar-refractivity contribution < 1.29 is 5.21 Å². The van der Waals surface area contributed by atoms with Crippen molar-refractivity contribution in [2.75, 3.05) is 0 Å². The molecule has 1 aromatic heterocycles. The molecule has 1 atom stereocenters. The largest absolute Gasteiger partial charge is 0.425 e. The van der Waals surface area contributed by atoms with E-state index in [-0.39, 0.29) is 11.5 Å². The molecule has 0 amide bonds. The average molecular weight is 224 g/mol. The molecular formula is C12H20N2O2. The SMILES string of the molecule is CC[C@H](C)c1cnc(CC(C)C)c(=O)n1O. The molecule has 1 N–H and O–H groups in total. The van der Waals surface area contributed by atoms with Crippen LogP contribution in [-0.2, 0) is 6.42 Å². The first kappa shape index (κ1) is 12.7. The molecule has 0 aromatic carbocycles. The summed E-state index contributed by atoms with van der Waals surface area (Å²) in [6, 6.07) is 0. The second kappa shape index (κ2) is 5.14. The number of hydrogen-bond donors (Lipinski definition) is 1. The van der Waals surface area contributed by atoms with E-state index in [4.69, 9.17) is 0 Å². The molecule has 4 nitrogen and oxygen atoms in total. The lowest BCUT2D eigenvalue weighted by atomic mass is 10.0. The van der Waals surface area contributed by atoms with Crippen molar-refractivity contribution in [1.29, 1.82) is 0 Å². The van der Waals surface area contributed by atoms with Gasteiger partial charge in [-0.1, -0.05) is 27.7 Å². The summed E-state index contributed by atoms with van der Waals surface area (Å²) < 4.78 is 0.749. The Labute approximate surface area is 95.9 Å². The smallest absolute Gasteiger partial charge is 0.304 e. The highest BCUT2D eigenvalue weighted by Gasteiger charge is 2.14.